The third-order valence-electron chi connectivity index (χ3n) is 5.35. The van der Waals surface area contributed by atoms with Gasteiger partial charge in [-0.25, -0.2) is 0 Å². The Balaban J connectivity index is 1.92. The van der Waals surface area contributed by atoms with Crippen LogP contribution in [0.5, 0.6) is 0 Å². The van der Waals surface area contributed by atoms with Gasteiger partial charge in [0.05, 0.1) is 0 Å². The summed E-state index contributed by atoms with van der Waals surface area (Å²) in [5.41, 5.74) is 5.87. The van der Waals surface area contributed by atoms with Crippen LogP contribution in [0.25, 0.3) is 0 Å². The van der Waals surface area contributed by atoms with E-state index in [4.69, 9.17) is 0 Å². The van der Waals surface area contributed by atoms with Crippen molar-refractivity contribution in [2.75, 3.05) is 7.05 Å². The molecule has 1 aromatic carbocycles. The molecule has 1 aliphatic rings. The number of nitrogens with one attached hydrogen (secondary N) is 1. The number of hydrogen-bond acceptors (Lipinski definition) is 1. The third-order valence-corrected chi connectivity index (χ3v) is 5.35. The maximum absolute atomic E-state index is 3.56. The van der Waals surface area contributed by atoms with Crippen molar-refractivity contribution in [2.45, 2.75) is 78.2 Å². The molecule has 0 heterocycles. The molecule has 1 heteroatoms. The fourth-order valence-electron chi connectivity index (χ4n) is 4.04. The summed E-state index contributed by atoms with van der Waals surface area (Å²) in [5, 5.41) is 3.56. The van der Waals surface area contributed by atoms with Gasteiger partial charge in [0.1, 0.15) is 0 Å². The van der Waals surface area contributed by atoms with E-state index < -0.39 is 0 Å². The zero-order chi connectivity index (χ0) is 15.2. The van der Waals surface area contributed by atoms with Crippen molar-refractivity contribution >= 4 is 0 Å². The van der Waals surface area contributed by atoms with E-state index in [0.717, 1.165) is 5.92 Å². The van der Waals surface area contributed by atoms with E-state index >= 15 is 0 Å². The summed E-state index contributed by atoms with van der Waals surface area (Å²) in [5.74, 6) is 0.995. The van der Waals surface area contributed by atoms with Crippen LogP contribution in [-0.2, 0) is 6.42 Å². The number of rotatable bonds is 6. The number of likely N-dealkylation sites (N-methyl/N-ethyl adjacent to an activating group) is 1. The minimum Gasteiger partial charge on any atom is -0.317 e. The molecule has 0 aromatic heterocycles. The molecule has 0 radical (unpaired) electrons. The van der Waals surface area contributed by atoms with Gasteiger partial charge in [-0.15, -0.1) is 0 Å². The molecule has 1 fully saturated rings. The predicted molar refractivity (Wildman–Crippen MR) is 93.0 cm³/mol. The molecule has 21 heavy (non-hydrogen) atoms. The standard InChI is InChI=1S/C20H33N/c1-15-12-16(2)20(17(3)13-15)14-19(21-4)11-10-18-8-6-5-7-9-18/h12-13,18-19,21H,5-11,14H2,1-4H3. The Hall–Kier alpha value is -0.820. The van der Waals surface area contributed by atoms with E-state index in [0.29, 0.717) is 6.04 Å². The Morgan fingerprint density at radius 2 is 1.67 bits per heavy atom. The van der Waals surface area contributed by atoms with Gasteiger partial charge in [-0.2, -0.15) is 0 Å². The quantitative estimate of drug-likeness (QED) is 0.767. The van der Waals surface area contributed by atoms with E-state index in [9.17, 15) is 0 Å². The van der Waals surface area contributed by atoms with Crippen LogP contribution < -0.4 is 5.32 Å². The molecule has 0 saturated heterocycles. The molecule has 0 bridgehead atoms. The molecule has 2 rings (SSSR count). The molecule has 1 saturated carbocycles. The molecule has 1 aromatic rings. The molecule has 1 aliphatic carbocycles. The van der Waals surface area contributed by atoms with Gasteiger partial charge in [0.15, 0.2) is 0 Å². The van der Waals surface area contributed by atoms with Crippen LogP contribution in [0.15, 0.2) is 12.1 Å². The second-order valence-corrected chi connectivity index (χ2v) is 7.15. The highest BCUT2D eigenvalue weighted by Gasteiger charge is 2.17. The fourth-order valence-corrected chi connectivity index (χ4v) is 4.04. The van der Waals surface area contributed by atoms with Crippen molar-refractivity contribution in [1.82, 2.24) is 5.32 Å². The Morgan fingerprint density at radius 3 is 2.24 bits per heavy atom. The lowest BCUT2D eigenvalue weighted by Crippen LogP contribution is -2.29. The Labute approximate surface area is 131 Å². The Bertz CT molecular complexity index is 420. The lowest BCUT2D eigenvalue weighted by atomic mass is 9.84. The summed E-state index contributed by atoms with van der Waals surface area (Å²) >= 11 is 0. The van der Waals surface area contributed by atoms with Gasteiger partial charge in [0.25, 0.3) is 0 Å². The number of benzene rings is 1. The van der Waals surface area contributed by atoms with Crippen molar-refractivity contribution in [1.29, 1.82) is 0 Å². The number of hydrogen-bond donors (Lipinski definition) is 1. The molecular formula is C20H33N. The lowest BCUT2D eigenvalue weighted by Gasteiger charge is -2.25. The average Bonchev–Trinajstić information content (AvgIpc) is 2.47. The van der Waals surface area contributed by atoms with Crippen LogP contribution in [0.1, 0.15) is 67.2 Å². The van der Waals surface area contributed by atoms with Crippen LogP contribution in [0, 0.1) is 26.7 Å². The minimum absolute atomic E-state index is 0.632. The van der Waals surface area contributed by atoms with Gasteiger partial charge in [-0.3, -0.25) is 0 Å². The molecule has 0 spiro atoms. The summed E-state index contributed by atoms with van der Waals surface area (Å²) in [6.45, 7) is 6.73. The maximum atomic E-state index is 3.56. The second kappa shape index (κ2) is 7.98. The van der Waals surface area contributed by atoms with E-state index in [2.05, 4.69) is 45.3 Å². The van der Waals surface area contributed by atoms with E-state index in [1.165, 1.54) is 68.1 Å². The zero-order valence-electron chi connectivity index (χ0n) is 14.5. The monoisotopic (exact) mass is 287 g/mol. The first-order chi connectivity index (χ1) is 10.1. The van der Waals surface area contributed by atoms with Crippen LogP contribution in [0.2, 0.25) is 0 Å². The lowest BCUT2D eigenvalue weighted by molar-refractivity contribution is 0.315. The minimum atomic E-state index is 0.632. The summed E-state index contributed by atoms with van der Waals surface area (Å²) in [6.07, 6.45) is 11.3. The molecular weight excluding hydrogens is 254 g/mol. The first kappa shape index (κ1) is 16.5. The second-order valence-electron chi connectivity index (χ2n) is 7.15. The predicted octanol–water partition coefficient (Wildman–Crippen LogP) is 5.10. The molecule has 1 unspecified atom stereocenters. The van der Waals surface area contributed by atoms with Gasteiger partial charge in [-0.05, 0) is 69.7 Å². The van der Waals surface area contributed by atoms with Crippen molar-refractivity contribution in [2.24, 2.45) is 5.92 Å². The SMILES string of the molecule is CNC(CCC1CCCCC1)Cc1c(C)cc(C)cc1C. The molecule has 1 nitrogen and oxygen atoms in total. The summed E-state index contributed by atoms with van der Waals surface area (Å²) < 4.78 is 0. The van der Waals surface area contributed by atoms with Crippen molar-refractivity contribution in [3.63, 3.8) is 0 Å². The Morgan fingerprint density at radius 1 is 1.05 bits per heavy atom. The molecule has 118 valence electrons. The normalized spacial score (nSPS) is 17.9. The molecule has 1 N–H and O–H groups in total. The third kappa shape index (κ3) is 4.85. The Kier molecular flexibility index (Phi) is 6.29. The van der Waals surface area contributed by atoms with Crippen LogP contribution in [-0.4, -0.2) is 13.1 Å². The molecule has 1 atom stereocenters. The zero-order valence-corrected chi connectivity index (χ0v) is 14.5. The van der Waals surface area contributed by atoms with Gasteiger partial charge < -0.3 is 5.32 Å². The van der Waals surface area contributed by atoms with Crippen molar-refractivity contribution in [3.8, 4) is 0 Å². The van der Waals surface area contributed by atoms with Gasteiger partial charge in [0.2, 0.25) is 0 Å². The highest BCUT2D eigenvalue weighted by atomic mass is 14.9. The molecule has 0 amide bonds. The van der Waals surface area contributed by atoms with E-state index in [1.807, 2.05) is 0 Å². The fraction of sp³-hybridized carbons (Fsp3) is 0.700. The summed E-state index contributed by atoms with van der Waals surface area (Å²) in [7, 11) is 2.13. The highest BCUT2D eigenvalue weighted by Crippen LogP contribution is 2.28. The van der Waals surface area contributed by atoms with Crippen LogP contribution in [0.4, 0.5) is 0 Å². The largest absolute Gasteiger partial charge is 0.317 e. The first-order valence-electron chi connectivity index (χ1n) is 8.84. The number of aryl methyl sites for hydroxylation is 3. The van der Waals surface area contributed by atoms with Gasteiger partial charge in [0, 0.05) is 6.04 Å². The van der Waals surface area contributed by atoms with Crippen molar-refractivity contribution in [3.05, 3.63) is 34.4 Å². The van der Waals surface area contributed by atoms with Gasteiger partial charge in [-0.1, -0.05) is 49.8 Å². The molecule has 0 aliphatic heterocycles. The van der Waals surface area contributed by atoms with Crippen LogP contribution >= 0.6 is 0 Å². The van der Waals surface area contributed by atoms with Crippen molar-refractivity contribution < 1.29 is 0 Å². The first-order valence-corrected chi connectivity index (χ1v) is 8.84. The summed E-state index contributed by atoms with van der Waals surface area (Å²) in [4.78, 5) is 0. The van der Waals surface area contributed by atoms with Crippen LogP contribution in [0.3, 0.4) is 0 Å². The summed E-state index contributed by atoms with van der Waals surface area (Å²) in [6, 6.07) is 5.29. The smallest absolute Gasteiger partial charge is 0.0105 e. The highest BCUT2D eigenvalue weighted by molar-refractivity contribution is 5.38. The van der Waals surface area contributed by atoms with E-state index in [1.54, 1.807) is 5.56 Å². The van der Waals surface area contributed by atoms with E-state index in [-0.39, 0.29) is 0 Å². The average molecular weight is 287 g/mol. The van der Waals surface area contributed by atoms with Gasteiger partial charge >= 0.3 is 0 Å². The maximum Gasteiger partial charge on any atom is 0.0105 e. The topological polar surface area (TPSA) is 12.0 Å².